The quantitative estimate of drug-likeness (QED) is 0.237. The summed E-state index contributed by atoms with van der Waals surface area (Å²) in [6, 6.07) is 6.04. The van der Waals surface area contributed by atoms with Gasteiger partial charge in [-0.15, -0.1) is 35.3 Å². The van der Waals surface area contributed by atoms with Crippen LogP contribution in [0.1, 0.15) is 22.7 Å². The van der Waals surface area contributed by atoms with Gasteiger partial charge in [-0.05, 0) is 37.5 Å². The smallest absolute Gasteiger partial charge is 0.193 e. The first-order chi connectivity index (χ1) is 13.1. The summed E-state index contributed by atoms with van der Waals surface area (Å²) in [6.45, 7) is 3.78. The van der Waals surface area contributed by atoms with Crippen LogP contribution in [0.15, 0.2) is 28.6 Å². The van der Waals surface area contributed by atoms with Crippen molar-refractivity contribution < 1.29 is 9.47 Å². The lowest BCUT2D eigenvalue weighted by atomic mass is 10.1. The maximum Gasteiger partial charge on any atom is 0.193 e. The lowest BCUT2D eigenvalue weighted by molar-refractivity contribution is 0.354. The molecule has 0 aliphatic carbocycles. The second kappa shape index (κ2) is 12.8. The van der Waals surface area contributed by atoms with Crippen molar-refractivity contribution in [2.45, 2.75) is 26.2 Å². The number of aromatic nitrogens is 1. The number of thiazole rings is 1. The minimum absolute atomic E-state index is 0. The van der Waals surface area contributed by atoms with E-state index in [2.05, 4.69) is 38.7 Å². The standard InChI is InChI=1S/C20H30N4O2S.HI/c1-15-14-27-19(23-15)7-6-11-22-20(21-2)24(3)12-10-16-8-9-17(25-4)18(13-16)26-5;/h8-9,13-14H,6-7,10-12H2,1-5H3,(H,21,22);1H. The average molecular weight is 518 g/mol. The number of benzene rings is 1. The van der Waals surface area contributed by atoms with Gasteiger partial charge in [-0.2, -0.15) is 0 Å². The molecule has 0 atom stereocenters. The summed E-state index contributed by atoms with van der Waals surface area (Å²) < 4.78 is 10.7. The zero-order valence-electron chi connectivity index (χ0n) is 17.3. The summed E-state index contributed by atoms with van der Waals surface area (Å²) in [5, 5.41) is 6.73. The molecule has 156 valence electrons. The van der Waals surface area contributed by atoms with E-state index in [-0.39, 0.29) is 24.0 Å². The van der Waals surface area contributed by atoms with Crippen LogP contribution in [0, 0.1) is 6.92 Å². The van der Waals surface area contributed by atoms with E-state index in [9.17, 15) is 0 Å². The van der Waals surface area contributed by atoms with Crippen molar-refractivity contribution in [2.24, 2.45) is 4.99 Å². The molecule has 0 saturated carbocycles. The molecule has 1 N–H and O–H groups in total. The van der Waals surface area contributed by atoms with Gasteiger partial charge in [-0.25, -0.2) is 4.98 Å². The molecular formula is C20H31IN4O2S. The molecule has 1 aromatic heterocycles. The van der Waals surface area contributed by atoms with Gasteiger partial charge < -0.3 is 19.7 Å². The number of nitrogens with zero attached hydrogens (tertiary/aromatic N) is 3. The number of likely N-dealkylation sites (N-methyl/N-ethyl adjacent to an activating group) is 1. The zero-order chi connectivity index (χ0) is 19.6. The number of aryl methyl sites for hydroxylation is 2. The number of hydrogen-bond acceptors (Lipinski definition) is 5. The van der Waals surface area contributed by atoms with Gasteiger partial charge in [0.15, 0.2) is 17.5 Å². The second-order valence-corrected chi connectivity index (χ2v) is 7.26. The van der Waals surface area contributed by atoms with Crippen LogP contribution in [-0.4, -0.2) is 57.2 Å². The molecule has 2 aromatic rings. The SMILES string of the molecule is CN=C(NCCCc1nc(C)cs1)N(C)CCc1ccc(OC)c(OC)c1.I. The van der Waals surface area contributed by atoms with Crippen molar-refractivity contribution >= 4 is 41.3 Å². The van der Waals surface area contributed by atoms with Gasteiger partial charge >= 0.3 is 0 Å². The molecule has 0 aliphatic heterocycles. The van der Waals surface area contributed by atoms with E-state index < -0.39 is 0 Å². The third kappa shape index (κ3) is 7.46. The Morgan fingerprint density at radius 1 is 1.21 bits per heavy atom. The summed E-state index contributed by atoms with van der Waals surface area (Å²) in [6.07, 6.45) is 2.93. The van der Waals surface area contributed by atoms with Crippen LogP contribution in [-0.2, 0) is 12.8 Å². The topological polar surface area (TPSA) is 59.0 Å². The largest absolute Gasteiger partial charge is 0.493 e. The molecule has 0 fully saturated rings. The lowest BCUT2D eigenvalue weighted by Gasteiger charge is -2.22. The van der Waals surface area contributed by atoms with E-state index in [0.717, 1.165) is 55.5 Å². The van der Waals surface area contributed by atoms with Crippen LogP contribution in [0.25, 0.3) is 0 Å². The number of guanidine groups is 1. The van der Waals surface area contributed by atoms with Crippen molar-refractivity contribution in [3.63, 3.8) is 0 Å². The fourth-order valence-corrected chi connectivity index (χ4v) is 3.60. The van der Waals surface area contributed by atoms with E-state index in [1.807, 2.05) is 26.1 Å². The number of halogens is 1. The second-order valence-electron chi connectivity index (χ2n) is 6.32. The molecule has 0 saturated heterocycles. The maximum absolute atomic E-state index is 5.38. The molecule has 28 heavy (non-hydrogen) atoms. The molecule has 0 bridgehead atoms. The van der Waals surface area contributed by atoms with Crippen molar-refractivity contribution in [1.29, 1.82) is 0 Å². The van der Waals surface area contributed by atoms with Crippen LogP contribution >= 0.6 is 35.3 Å². The minimum atomic E-state index is 0. The first-order valence-electron chi connectivity index (χ1n) is 9.11. The van der Waals surface area contributed by atoms with E-state index in [4.69, 9.17) is 9.47 Å². The third-order valence-corrected chi connectivity index (χ3v) is 5.30. The Balaban J connectivity index is 0.00000392. The number of rotatable bonds is 9. The summed E-state index contributed by atoms with van der Waals surface area (Å²) in [4.78, 5) is 11.0. The average Bonchev–Trinajstić information content (AvgIpc) is 3.11. The molecule has 0 amide bonds. The first-order valence-corrected chi connectivity index (χ1v) is 9.99. The predicted molar refractivity (Wildman–Crippen MR) is 128 cm³/mol. The van der Waals surface area contributed by atoms with Crippen molar-refractivity contribution in [2.75, 3.05) is 41.4 Å². The van der Waals surface area contributed by atoms with Crippen LogP contribution in [0.4, 0.5) is 0 Å². The molecule has 0 spiro atoms. The van der Waals surface area contributed by atoms with E-state index >= 15 is 0 Å². The highest BCUT2D eigenvalue weighted by molar-refractivity contribution is 14.0. The molecule has 1 aromatic carbocycles. The normalized spacial score (nSPS) is 11.0. The summed E-state index contributed by atoms with van der Waals surface area (Å²) in [7, 11) is 7.18. The van der Waals surface area contributed by atoms with Gasteiger partial charge in [-0.3, -0.25) is 4.99 Å². The molecule has 0 unspecified atom stereocenters. The molecule has 2 rings (SSSR count). The first kappa shape index (κ1) is 24.5. The van der Waals surface area contributed by atoms with Crippen LogP contribution in [0.2, 0.25) is 0 Å². The monoisotopic (exact) mass is 518 g/mol. The number of aliphatic imine (C=N–C) groups is 1. The summed E-state index contributed by atoms with van der Waals surface area (Å²) in [5.41, 5.74) is 2.31. The number of methoxy groups -OCH3 is 2. The van der Waals surface area contributed by atoms with Gasteiger partial charge in [-0.1, -0.05) is 6.07 Å². The lowest BCUT2D eigenvalue weighted by Crippen LogP contribution is -2.40. The molecule has 1 heterocycles. The van der Waals surface area contributed by atoms with Gasteiger partial charge in [0.05, 0.1) is 19.2 Å². The van der Waals surface area contributed by atoms with Crippen LogP contribution < -0.4 is 14.8 Å². The fourth-order valence-electron chi connectivity index (χ4n) is 2.78. The van der Waals surface area contributed by atoms with Crippen molar-refractivity contribution in [3.05, 3.63) is 39.8 Å². The van der Waals surface area contributed by atoms with Gasteiger partial charge in [0, 0.05) is 44.7 Å². The number of ether oxygens (including phenoxy) is 2. The Bertz CT molecular complexity index is 752. The highest BCUT2D eigenvalue weighted by Crippen LogP contribution is 2.27. The van der Waals surface area contributed by atoms with Crippen molar-refractivity contribution in [3.8, 4) is 11.5 Å². The van der Waals surface area contributed by atoms with E-state index in [1.165, 1.54) is 10.6 Å². The molecule has 0 aliphatic rings. The zero-order valence-corrected chi connectivity index (χ0v) is 20.5. The number of hydrogen-bond donors (Lipinski definition) is 1. The van der Waals surface area contributed by atoms with Crippen molar-refractivity contribution in [1.82, 2.24) is 15.2 Å². The molecular weight excluding hydrogens is 487 g/mol. The Kier molecular flexibility index (Phi) is 11.2. The highest BCUT2D eigenvalue weighted by atomic mass is 127. The van der Waals surface area contributed by atoms with Gasteiger partial charge in [0.25, 0.3) is 0 Å². The highest BCUT2D eigenvalue weighted by Gasteiger charge is 2.08. The van der Waals surface area contributed by atoms with Gasteiger partial charge in [0.2, 0.25) is 0 Å². The Morgan fingerprint density at radius 2 is 1.96 bits per heavy atom. The van der Waals surface area contributed by atoms with E-state index in [1.54, 1.807) is 25.6 Å². The van der Waals surface area contributed by atoms with Crippen LogP contribution in [0.3, 0.4) is 0 Å². The maximum atomic E-state index is 5.38. The summed E-state index contributed by atoms with van der Waals surface area (Å²) >= 11 is 1.73. The Hall–Kier alpha value is -1.55. The molecule has 0 radical (unpaired) electrons. The molecule has 8 heteroatoms. The summed E-state index contributed by atoms with van der Waals surface area (Å²) in [5.74, 6) is 2.42. The van der Waals surface area contributed by atoms with Crippen LogP contribution in [0.5, 0.6) is 11.5 Å². The Morgan fingerprint density at radius 3 is 2.57 bits per heavy atom. The molecule has 6 nitrogen and oxygen atoms in total. The predicted octanol–water partition coefficient (Wildman–Crippen LogP) is 3.77. The van der Waals surface area contributed by atoms with E-state index in [0.29, 0.717) is 0 Å². The fraction of sp³-hybridized carbons (Fsp3) is 0.500. The minimum Gasteiger partial charge on any atom is -0.493 e. The third-order valence-electron chi connectivity index (χ3n) is 4.27. The van der Waals surface area contributed by atoms with Gasteiger partial charge in [0.1, 0.15) is 0 Å². The number of nitrogens with one attached hydrogen (secondary N) is 1. The Labute approximate surface area is 189 Å².